The maximum absolute atomic E-state index is 12.9. The van der Waals surface area contributed by atoms with Crippen LogP contribution in [-0.2, 0) is 14.3 Å². The maximum Gasteiger partial charge on any atom is 0.229 e. The third-order valence-corrected chi connectivity index (χ3v) is 9.29. The number of aryl methyl sites for hydroxylation is 1. The van der Waals surface area contributed by atoms with Gasteiger partial charge in [0.1, 0.15) is 5.82 Å². The van der Waals surface area contributed by atoms with Crippen molar-refractivity contribution in [2.24, 2.45) is 11.3 Å². The molecule has 6 rings (SSSR count). The van der Waals surface area contributed by atoms with Crippen molar-refractivity contribution in [1.29, 1.82) is 0 Å². The molecule has 1 aromatic heterocycles. The predicted octanol–water partition coefficient (Wildman–Crippen LogP) is 2.96. The normalized spacial score (nSPS) is 32.2. The second-order valence-corrected chi connectivity index (χ2v) is 11.7. The van der Waals surface area contributed by atoms with E-state index in [1.807, 2.05) is 12.3 Å². The number of amides is 1. The number of nitrogens with one attached hydrogen (secondary N) is 1. The van der Waals surface area contributed by atoms with Gasteiger partial charge < -0.3 is 24.8 Å². The summed E-state index contributed by atoms with van der Waals surface area (Å²) < 4.78 is 11.1. The third kappa shape index (κ3) is 4.08. The average Bonchev–Trinajstić information content (AvgIpc) is 3.44. The summed E-state index contributed by atoms with van der Waals surface area (Å²) in [4.78, 5) is 22.3. The lowest BCUT2D eigenvalue weighted by Crippen LogP contribution is -2.64. The van der Waals surface area contributed by atoms with Gasteiger partial charge in [0.05, 0.1) is 24.9 Å². The molecule has 4 heterocycles. The number of aliphatic hydroxyl groups is 1. The van der Waals surface area contributed by atoms with Crippen molar-refractivity contribution in [1.82, 2.24) is 9.88 Å². The van der Waals surface area contributed by atoms with Gasteiger partial charge in [-0.2, -0.15) is 0 Å². The molecule has 1 amide bonds. The molecular weight excluding hydrogens is 456 g/mol. The van der Waals surface area contributed by atoms with Crippen LogP contribution >= 0.6 is 0 Å². The topological polar surface area (TPSA) is 87.2 Å². The Labute approximate surface area is 212 Å². The van der Waals surface area contributed by atoms with Crippen molar-refractivity contribution in [3.63, 3.8) is 0 Å². The number of fused-ring (bicyclic) bond motifs is 1. The molecular formula is C28H38N4O4. The van der Waals surface area contributed by atoms with Crippen LogP contribution in [-0.4, -0.2) is 84.6 Å². The van der Waals surface area contributed by atoms with Crippen LogP contribution in [0.4, 0.5) is 11.5 Å². The molecule has 1 saturated carbocycles. The van der Waals surface area contributed by atoms with Crippen LogP contribution in [0.25, 0.3) is 10.8 Å². The Balaban J connectivity index is 1.18. The van der Waals surface area contributed by atoms with Crippen molar-refractivity contribution in [3.8, 4) is 0 Å². The van der Waals surface area contributed by atoms with Crippen LogP contribution in [0.5, 0.6) is 0 Å². The zero-order valence-electron chi connectivity index (χ0n) is 21.6. The Morgan fingerprint density at radius 2 is 1.97 bits per heavy atom. The smallest absolute Gasteiger partial charge is 0.229 e. The minimum atomic E-state index is -0.452. The zero-order valence-corrected chi connectivity index (χ0v) is 21.6. The van der Waals surface area contributed by atoms with Crippen molar-refractivity contribution in [2.45, 2.75) is 57.7 Å². The first-order valence-corrected chi connectivity index (χ1v) is 13.4. The minimum Gasteiger partial charge on any atom is -0.389 e. The Bertz CT molecular complexity index is 1170. The Hall–Kier alpha value is -2.26. The number of benzene rings is 1. The summed E-state index contributed by atoms with van der Waals surface area (Å²) in [7, 11) is 0. The number of pyridine rings is 1. The van der Waals surface area contributed by atoms with E-state index >= 15 is 0 Å². The molecule has 36 heavy (non-hydrogen) atoms. The van der Waals surface area contributed by atoms with Gasteiger partial charge in [-0.3, -0.25) is 9.69 Å². The van der Waals surface area contributed by atoms with E-state index in [0.29, 0.717) is 25.1 Å². The summed E-state index contributed by atoms with van der Waals surface area (Å²) in [6.07, 6.45) is 4.34. The number of carbonyl (C=O) groups excluding carboxylic acids is 1. The molecule has 2 aromatic rings. The van der Waals surface area contributed by atoms with Gasteiger partial charge in [0.25, 0.3) is 0 Å². The fourth-order valence-electron chi connectivity index (χ4n) is 6.83. The molecule has 3 saturated heterocycles. The van der Waals surface area contributed by atoms with Gasteiger partial charge in [-0.05, 0) is 74.6 Å². The van der Waals surface area contributed by atoms with Crippen LogP contribution in [0.1, 0.15) is 38.7 Å². The molecule has 1 unspecified atom stereocenters. The van der Waals surface area contributed by atoms with Gasteiger partial charge in [0, 0.05) is 62.1 Å². The molecule has 194 valence electrons. The highest BCUT2D eigenvalue weighted by Gasteiger charge is 2.58. The predicted molar refractivity (Wildman–Crippen MR) is 139 cm³/mol. The van der Waals surface area contributed by atoms with Gasteiger partial charge in [0.15, 0.2) is 0 Å². The van der Waals surface area contributed by atoms with Gasteiger partial charge >= 0.3 is 0 Å². The average molecular weight is 495 g/mol. The summed E-state index contributed by atoms with van der Waals surface area (Å²) in [5.74, 6) is 0.793. The number of piperazine rings is 1. The van der Waals surface area contributed by atoms with Crippen molar-refractivity contribution >= 4 is 28.2 Å². The van der Waals surface area contributed by atoms with E-state index in [2.05, 4.69) is 53.0 Å². The lowest BCUT2D eigenvalue weighted by Gasteiger charge is -2.49. The first kappa shape index (κ1) is 24.1. The molecule has 0 radical (unpaired) electrons. The van der Waals surface area contributed by atoms with Gasteiger partial charge in [-0.25, -0.2) is 4.98 Å². The molecule has 4 aliphatic rings. The Morgan fingerprint density at radius 1 is 1.17 bits per heavy atom. The SMILES string of the molecule is Cc1cc2cnc(NC(=O)C3CC34CCOCC4)cc2cc1N1CCN([C@@]2(C)COC[C@H]2O)[C@@H](C)C1. The molecule has 1 aromatic carbocycles. The molecule has 4 fully saturated rings. The number of ether oxygens (including phenoxy) is 2. The van der Waals surface area contributed by atoms with Crippen LogP contribution < -0.4 is 10.2 Å². The fraction of sp³-hybridized carbons (Fsp3) is 0.643. The molecule has 8 heteroatoms. The standard InChI is InChI=1S/C28H38N4O4/c1-18-10-21-14-29-25(30-26(34)22-13-28(22)4-8-35-9-5-28)12-20(21)11-23(18)31-6-7-32(19(2)15-31)27(3)17-36-16-24(27)33/h10-12,14,19,22,24,33H,4-9,13,15-17H2,1-3H3,(H,29,30,34)/t19-,22?,24+,27-/m0/s1. The van der Waals surface area contributed by atoms with E-state index in [-0.39, 0.29) is 22.8 Å². The molecule has 4 atom stereocenters. The third-order valence-electron chi connectivity index (χ3n) is 9.29. The van der Waals surface area contributed by atoms with Gasteiger partial charge in [-0.1, -0.05) is 0 Å². The highest BCUT2D eigenvalue weighted by molar-refractivity contribution is 5.97. The Morgan fingerprint density at radius 3 is 2.69 bits per heavy atom. The van der Waals surface area contributed by atoms with Crippen LogP contribution in [0.15, 0.2) is 24.4 Å². The van der Waals surface area contributed by atoms with E-state index in [1.165, 1.54) is 11.3 Å². The lowest BCUT2D eigenvalue weighted by molar-refractivity contribution is -0.118. The van der Waals surface area contributed by atoms with Gasteiger partial charge in [0.2, 0.25) is 5.91 Å². The fourth-order valence-corrected chi connectivity index (χ4v) is 6.83. The molecule has 3 aliphatic heterocycles. The number of anilines is 2. The largest absolute Gasteiger partial charge is 0.389 e. The number of aromatic nitrogens is 1. The van der Waals surface area contributed by atoms with Crippen molar-refractivity contribution < 1.29 is 19.4 Å². The van der Waals surface area contributed by atoms with Crippen LogP contribution in [0.3, 0.4) is 0 Å². The molecule has 2 N–H and O–H groups in total. The summed E-state index contributed by atoms with van der Waals surface area (Å²) in [6, 6.07) is 6.71. The monoisotopic (exact) mass is 494 g/mol. The van der Waals surface area contributed by atoms with E-state index in [1.54, 1.807) is 0 Å². The second kappa shape index (κ2) is 8.94. The summed E-state index contributed by atoms with van der Waals surface area (Å²) in [5.41, 5.74) is 2.26. The molecule has 0 bridgehead atoms. The van der Waals surface area contributed by atoms with E-state index in [9.17, 15) is 9.90 Å². The summed E-state index contributed by atoms with van der Waals surface area (Å²) in [5, 5.41) is 15.8. The summed E-state index contributed by atoms with van der Waals surface area (Å²) in [6.45, 7) is 11.7. The zero-order chi connectivity index (χ0) is 25.1. The molecule has 8 nitrogen and oxygen atoms in total. The number of nitrogens with zero attached hydrogens (tertiary/aromatic N) is 3. The van der Waals surface area contributed by atoms with E-state index in [0.717, 1.165) is 62.9 Å². The highest BCUT2D eigenvalue weighted by Crippen LogP contribution is 2.59. The van der Waals surface area contributed by atoms with E-state index in [4.69, 9.17) is 9.47 Å². The number of rotatable bonds is 4. The van der Waals surface area contributed by atoms with Crippen molar-refractivity contribution in [2.75, 3.05) is 56.3 Å². The van der Waals surface area contributed by atoms with Crippen molar-refractivity contribution in [3.05, 3.63) is 30.0 Å². The molecule has 1 spiro atoms. The van der Waals surface area contributed by atoms with Crippen LogP contribution in [0.2, 0.25) is 0 Å². The summed E-state index contributed by atoms with van der Waals surface area (Å²) >= 11 is 0. The highest BCUT2D eigenvalue weighted by atomic mass is 16.5. The van der Waals surface area contributed by atoms with Gasteiger partial charge in [-0.15, -0.1) is 0 Å². The number of hydrogen-bond acceptors (Lipinski definition) is 7. The number of carbonyl (C=O) groups is 1. The number of aliphatic hydroxyl groups excluding tert-OH is 1. The molecule has 1 aliphatic carbocycles. The first-order chi connectivity index (χ1) is 17.3. The van der Waals surface area contributed by atoms with E-state index < -0.39 is 6.10 Å². The minimum absolute atomic E-state index is 0.0795. The maximum atomic E-state index is 12.9. The first-order valence-electron chi connectivity index (χ1n) is 13.4. The van der Waals surface area contributed by atoms with Crippen LogP contribution in [0, 0.1) is 18.3 Å². The Kier molecular flexibility index (Phi) is 5.98. The lowest BCUT2D eigenvalue weighted by atomic mass is 9.92. The second-order valence-electron chi connectivity index (χ2n) is 11.7. The number of hydrogen-bond donors (Lipinski definition) is 2. The quantitative estimate of drug-likeness (QED) is 0.676.